The predicted octanol–water partition coefficient (Wildman–Crippen LogP) is 2.14. The Bertz CT molecular complexity index is 612. The summed E-state index contributed by atoms with van der Waals surface area (Å²) in [6.07, 6.45) is 4.48. The van der Waals surface area contributed by atoms with E-state index in [-0.39, 0.29) is 0 Å². The zero-order valence-corrected chi connectivity index (χ0v) is 13.0. The second-order valence-corrected chi connectivity index (χ2v) is 5.82. The van der Waals surface area contributed by atoms with Gasteiger partial charge in [-0.3, -0.25) is 4.68 Å². The summed E-state index contributed by atoms with van der Waals surface area (Å²) in [7, 11) is 0. The normalized spacial score (nSPS) is 14.8. The van der Waals surface area contributed by atoms with E-state index in [2.05, 4.69) is 41.3 Å². The Morgan fingerprint density at radius 2 is 2.14 bits per heavy atom. The molecule has 21 heavy (non-hydrogen) atoms. The minimum Gasteiger partial charge on any atom is -0.337 e. The van der Waals surface area contributed by atoms with Gasteiger partial charge in [0.1, 0.15) is 6.54 Å². The predicted molar refractivity (Wildman–Crippen MR) is 79.0 cm³/mol. The smallest absolute Gasteiger partial charge is 0.248 e. The second kappa shape index (κ2) is 5.97. The third-order valence-electron chi connectivity index (χ3n) is 3.95. The van der Waals surface area contributed by atoms with Gasteiger partial charge in [0.05, 0.1) is 5.69 Å². The summed E-state index contributed by atoms with van der Waals surface area (Å²) >= 11 is 0. The van der Waals surface area contributed by atoms with Crippen molar-refractivity contribution < 1.29 is 4.52 Å². The third-order valence-corrected chi connectivity index (χ3v) is 3.95. The Kier molecular flexibility index (Phi) is 4.05. The van der Waals surface area contributed by atoms with Gasteiger partial charge in [-0.25, -0.2) is 0 Å². The summed E-state index contributed by atoms with van der Waals surface area (Å²) in [5.41, 5.74) is 3.54. The molecule has 6 nitrogen and oxygen atoms in total. The molecule has 1 saturated carbocycles. The van der Waals surface area contributed by atoms with Crippen molar-refractivity contribution in [3.05, 3.63) is 28.7 Å². The summed E-state index contributed by atoms with van der Waals surface area (Å²) < 4.78 is 7.26. The molecular weight excluding hydrogens is 266 g/mol. The topological polar surface area (TPSA) is 68.8 Å². The van der Waals surface area contributed by atoms with E-state index in [9.17, 15) is 0 Å². The first-order chi connectivity index (χ1) is 10.2. The molecule has 0 atom stereocenters. The maximum atomic E-state index is 5.30. The van der Waals surface area contributed by atoms with E-state index in [0.717, 1.165) is 30.9 Å². The summed E-state index contributed by atoms with van der Waals surface area (Å²) in [6.45, 7) is 7.72. The number of nitrogens with zero attached hydrogens (tertiary/aromatic N) is 4. The van der Waals surface area contributed by atoms with Gasteiger partial charge < -0.3 is 9.84 Å². The van der Waals surface area contributed by atoms with Crippen molar-refractivity contribution in [2.24, 2.45) is 0 Å². The molecule has 0 aromatic carbocycles. The zero-order valence-electron chi connectivity index (χ0n) is 13.0. The van der Waals surface area contributed by atoms with Crippen LogP contribution in [0.3, 0.4) is 0 Å². The molecule has 1 N–H and O–H groups in total. The quantitative estimate of drug-likeness (QED) is 0.845. The van der Waals surface area contributed by atoms with Crippen molar-refractivity contribution in [1.29, 1.82) is 0 Å². The Morgan fingerprint density at radius 3 is 2.86 bits per heavy atom. The first-order valence-corrected chi connectivity index (χ1v) is 7.75. The number of hydrogen-bond donors (Lipinski definition) is 1. The molecule has 0 aliphatic heterocycles. The van der Waals surface area contributed by atoms with E-state index >= 15 is 0 Å². The van der Waals surface area contributed by atoms with Gasteiger partial charge >= 0.3 is 0 Å². The Hall–Kier alpha value is -1.69. The molecule has 6 heteroatoms. The van der Waals surface area contributed by atoms with Gasteiger partial charge in [-0.05, 0) is 33.1 Å². The van der Waals surface area contributed by atoms with Crippen molar-refractivity contribution >= 4 is 0 Å². The van der Waals surface area contributed by atoms with Crippen LogP contribution < -0.4 is 5.32 Å². The van der Waals surface area contributed by atoms with E-state index in [0.29, 0.717) is 18.5 Å². The first kappa shape index (κ1) is 14.3. The highest BCUT2D eigenvalue weighted by molar-refractivity contribution is 5.25. The largest absolute Gasteiger partial charge is 0.337 e. The van der Waals surface area contributed by atoms with Crippen molar-refractivity contribution in [3.8, 4) is 0 Å². The number of aromatic nitrogens is 4. The van der Waals surface area contributed by atoms with Crippen LogP contribution in [0.4, 0.5) is 0 Å². The Balaban J connectivity index is 1.70. The van der Waals surface area contributed by atoms with Gasteiger partial charge in [0.25, 0.3) is 0 Å². The average molecular weight is 289 g/mol. The number of hydrogen-bond acceptors (Lipinski definition) is 5. The first-order valence-electron chi connectivity index (χ1n) is 7.75. The lowest BCUT2D eigenvalue weighted by molar-refractivity contribution is 0.359. The average Bonchev–Trinajstić information content (AvgIpc) is 3.12. The summed E-state index contributed by atoms with van der Waals surface area (Å²) in [5, 5.41) is 12.1. The van der Waals surface area contributed by atoms with Crippen molar-refractivity contribution in [2.45, 2.75) is 65.6 Å². The van der Waals surface area contributed by atoms with Crippen molar-refractivity contribution in [1.82, 2.24) is 25.2 Å². The van der Waals surface area contributed by atoms with Gasteiger partial charge in [-0.1, -0.05) is 12.1 Å². The molecule has 0 radical (unpaired) electrons. The fourth-order valence-corrected chi connectivity index (χ4v) is 2.49. The molecule has 0 spiro atoms. The second-order valence-electron chi connectivity index (χ2n) is 5.82. The van der Waals surface area contributed by atoms with E-state index in [4.69, 9.17) is 4.52 Å². The molecule has 2 aromatic rings. The van der Waals surface area contributed by atoms with Crippen LogP contribution in [-0.4, -0.2) is 26.0 Å². The number of nitrogens with one attached hydrogen (secondary N) is 1. The van der Waals surface area contributed by atoms with Crippen LogP contribution in [0, 0.1) is 13.8 Å². The van der Waals surface area contributed by atoms with E-state index < -0.39 is 0 Å². The molecule has 1 fully saturated rings. The van der Waals surface area contributed by atoms with Crippen molar-refractivity contribution in [2.75, 3.05) is 0 Å². The molecule has 0 unspecified atom stereocenters. The molecule has 1 aliphatic carbocycles. The highest BCUT2D eigenvalue weighted by Gasteiger charge is 2.22. The lowest BCUT2D eigenvalue weighted by Crippen LogP contribution is -2.16. The highest BCUT2D eigenvalue weighted by atomic mass is 16.5. The summed E-state index contributed by atoms with van der Waals surface area (Å²) in [5.74, 6) is 1.41. The fraction of sp³-hybridized carbons (Fsp3) is 0.667. The van der Waals surface area contributed by atoms with Gasteiger partial charge in [0.15, 0.2) is 5.82 Å². The van der Waals surface area contributed by atoms with Crippen LogP contribution in [0.1, 0.15) is 54.9 Å². The Morgan fingerprint density at radius 1 is 1.33 bits per heavy atom. The van der Waals surface area contributed by atoms with Crippen LogP contribution in [0.2, 0.25) is 0 Å². The van der Waals surface area contributed by atoms with Gasteiger partial charge in [0, 0.05) is 30.3 Å². The van der Waals surface area contributed by atoms with Gasteiger partial charge in [-0.2, -0.15) is 10.1 Å². The van der Waals surface area contributed by atoms with Crippen LogP contribution in [0.5, 0.6) is 0 Å². The van der Waals surface area contributed by atoms with E-state index in [1.165, 1.54) is 24.1 Å². The molecule has 2 heterocycles. The van der Waals surface area contributed by atoms with Crippen molar-refractivity contribution in [3.63, 3.8) is 0 Å². The highest BCUT2D eigenvalue weighted by Crippen LogP contribution is 2.21. The maximum Gasteiger partial charge on any atom is 0.248 e. The molecule has 0 amide bonds. The molecule has 3 rings (SSSR count). The third kappa shape index (κ3) is 3.32. The maximum absolute atomic E-state index is 5.30. The molecular formula is C15H23N5O. The molecule has 0 saturated heterocycles. The lowest BCUT2D eigenvalue weighted by Gasteiger charge is -2.04. The standard InChI is InChI=1S/C15H23N5O/c1-4-5-14-17-15(21-19-14)9-20-11(3)13(10(2)18-20)8-16-12-6-7-12/h12,16H,4-9H2,1-3H3. The molecule has 1 aliphatic rings. The van der Waals surface area contributed by atoms with Crippen LogP contribution in [-0.2, 0) is 19.5 Å². The van der Waals surface area contributed by atoms with Crippen LogP contribution in [0.25, 0.3) is 0 Å². The minimum absolute atomic E-state index is 0.548. The molecule has 114 valence electrons. The fourth-order valence-electron chi connectivity index (χ4n) is 2.49. The summed E-state index contributed by atoms with van der Waals surface area (Å²) in [6, 6.07) is 0.708. The van der Waals surface area contributed by atoms with Gasteiger partial charge in [-0.15, -0.1) is 0 Å². The molecule has 2 aromatic heterocycles. The number of rotatable bonds is 7. The van der Waals surface area contributed by atoms with E-state index in [1.54, 1.807) is 0 Å². The van der Waals surface area contributed by atoms with Crippen LogP contribution in [0.15, 0.2) is 4.52 Å². The SMILES string of the molecule is CCCc1noc(Cn2nc(C)c(CNC3CC3)c2C)n1. The lowest BCUT2D eigenvalue weighted by atomic mass is 10.2. The van der Waals surface area contributed by atoms with E-state index in [1.807, 2.05) is 4.68 Å². The zero-order chi connectivity index (χ0) is 14.8. The van der Waals surface area contributed by atoms with Gasteiger partial charge in [0.2, 0.25) is 5.89 Å². The molecule has 0 bridgehead atoms. The number of aryl methyl sites for hydroxylation is 2. The summed E-state index contributed by atoms with van der Waals surface area (Å²) in [4.78, 5) is 4.41. The monoisotopic (exact) mass is 289 g/mol. The van der Waals surface area contributed by atoms with Crippen LogP contribution >= 0.6 is 0 Å². The minimum atomic E-state index is 0.548. The Labute approximate surface area is 124 Å².